The maximum atomic E-state index is 11.8. The molecule has 172 valence electrons. The Hall–Kier alpha value is -3.07. The summed E-state index contributed by atoms with van der Waals surface area (Å²) in [6.45, 7) is 11.0. The Morgan fingerprint density at radius 3 is 2.52 bits per heavy atom. The number of carbonyl (C=O) groups excluding carboxylic acids is 2. The lowest BCUT2D eigenvalue weighted by Crippen LogP contribution is -2.48. The minimum atomic E-state index is -1.15. The third-order valence-corrected chi connectivity index (χ3v) is 3.98. The lowest BCUT2D eigenvalue weighted by Gasteiger charge is -2.20. The molecule has 0 heterocycles. The second-order valence-electron chi connectivity index (χ2n) is 8.10. The molecule has 0 aromatic heterocycles. The van der Waals surface area contributed by atoms with Gasteiger partial charge in [0.2, 0.25) is 5.91 Å². The molecule has 0 radical (unpaired) electrons. The number of allylic oxidation sites excluding steroid dienone is 1. The van der Waals surface area contributed by atoms with Gasteiger partial charge in [-0.05, 0) is 51.3 Å². The number of carboxylic acid groups (broad SMARTS) is 1. The molecule has 0 aliphatic rings. The highest BCUT2D eigenvalue weighted by molar-refractivity contribution is 5.86. The Bertz CT molecular complexity index is 786. The minimum Gasteiger partial charge on any atom is -0.491 e. The van der Waals surface area contributed by atoms with Gasteiger partial charge < -0.3 is 30.9 Å². The number of benzene rings is 1. The normalized spacial score (nSPS) is 12.9. The van der Waals surface area contributed by atoms with Gasteiger partial charge in [0.15, 0.2) is 0 Å². The maximum Gasteiger partial charge on any atom is 0.407 e. The minimum absolute atomic E-state index is 0.0957. The first-order valence-corrected chi connectivity index (χ1v) is 10.0. The second-order valence-corrected chi connectivity index (χ2v) is 8.10. The number of nitrogens with one attached hydrogen (secondary N) is 2. The summed E-state index contributed by atoms with van der Waals surface area (Å²) in [5.74, 6) is -1.08. The molecule has 2 atom stereocenters. The number of carbonyl (C=O) groups is 3. The van der Waals surface area contributed by atoms with E-state index in [1.54, 1.807) is 39.0 Å². The van der Waals surface area contributed by atoms with Crippen molar-refractivity contribution >= 4 is 18.0 Å². The average molecular weight is 436 g/mol. The molecule has 31 heavy (non-hydrogen) atoms. The van der Waals surface area contributed by atoms with E-state index in [2.05, 4.69) is 17.2 Å². The first kappa shape index (κ1) is 26.0. The summed E-state index contributed by atoms with van der Waals surface area (Å²) >= 11 is 0. The zero-order valence-electron chi connectivity index (χ0n) is 18.6. The van der Waals surface area contributed by atoms with Crippen molar-refractivity contribution in [1.82, 2.24) is 10.6 Å². The summed E-state index contributed by atoms with van der Waals surface area (Å²) < 4.78 is 10.9. The third-order valence-electron chi connectivity index (χ3n) is 3.98. The van der Waals surface area contributed by atoms with E-state index in [0.29, 0.717) is 17.7 Å². The van der Waals surface area contributed by atoms with Crippen LogP contribution >= 0.6 is 0 Å². The number of amides is 2. The molecule has 0 unspecified atom stereocenters. The van der Waals surface area contributed by atoms with Crippen LogP contribution in [0.5, 0.6) is 5.75 Å². The number of nitrogens with two attached hydrogens (primary N) is 1. The summed E-state index contributed by atoms with van der Waals surface area (Å²) in [7, 11) is 0. The number of carboxylic acids is 1. The van der Waals surface area contributed by atoms with Gasteiger partial charge in [-0.1, -0.05) is 18.2 Å². The Balaban J connectivity index is 2.76. The van der Waals surface area contributed by atoms with Gasteiger partial charge in [0.25, 0.3) is 0 Å². The molecule has 1 aromatic rings. The van der Waals surface area contributed by atoms with Gasteiger partial charge in [-0.3, -0.25) is 4.79 Å². The quantitative estimate of drug-likeness (QED) is 0.307. The zero-order valence-corrected chi connectivity index (χ0v) is 18.6. The predicted molar refractivity (Wildman–Crippen MR) is 117 cm³/mol. The van der Waals surface area contributed by atoms with E-state index in [1.165, 1.54) is 6.92 Å². The average Bonchev–Trinajstić information content (AvgIpc) is 2.64. The zero-order chi connectivity index (χ0) is 23.6. The maximum absolute atomic E-state index is 11.8. The van der Waals surface area contributed by atoms with Crippen LogP contribution in [0.15, 0.2) is 30.9 Å². The van der Waals surface area contributed by atoms with Crippen LogP contribution in [0.2, 0.25) is 0 Å². The third kappa shape index (κ3) is 9.99. The van der Waals surface area contributed by atoms with Crippen molar-refractivity contribution in [2.75, 3.05) is 13.2 Å². The molecule has 0 spiro atoms. The van der Waals surface area contributed by atoms with Crippen LogP contribution in [-0.2, 0) is 27.2 Å². The van der Waals surface area contributed by atoms with Gasteiger partial charge in [0.05, 0.1) is 12.6 Å². The monoisotopic (exact) mass is 435 g/mol. The van der Waals surface area contributed by atoms with E-state index >= 15 is 0 Å². The first-order chi connectivity index (χ1) is 14.4. The number of aliphatic carboxylic acids is 1. The van der Waals surface area contributed by atoms with Crippen LogP contribution in [0.3, 0.4) is 0 Å². The van der Waals surface area contributed by atoms with Gasteiger partial charge in [-0.15, -0.1) is 6.58 Å². The second kappa shape index (κ2) is 11.9. The van der Waals surface area contributed by atoms with Gasteiger partial charge in [-0.25, -0.2) is 9.59 Å². The van der Waals surface area contributed by atoms with E-state index < -0.39 is 35.7 Å². The van der Waals surface area contributed by atoms with Crippen LogP contribution in [0.25, 0.3) is 0 Å². The highest BCUT2D eigenvalue weighted by Crippen LogP contribution is 2.22. The van der Waals surface area contributed by atoms with Crippen LogP contribution in [0.1, 0.15) is 38.8 Å². The molecular weight excluding hydrogens is 402 g/mol. The smallest absolute Gasteiger partial charge is 0.407 e. The molecule has 1 aromatic carbocycles. The number of ether oxygens (including phenoxy) is 2. The molecular formula is C22H33N3O6. The highest BCUT2D eigenvalue weighted by Gasteiger charge is 2.22. The topological polar surface area (TPSA) is 140 Å². The Kier molecular flexibility index (Phi) is 10.0. The SMILES string of the molecule is C=CCc1cc(C[C@H](NC(=O)[C@H](C)N)C(=O)O)ccc1OCCNC(=O)OC(C)(C)C. The van der Waals surface area contributed by atoms with E-state index in [0.717, 1.165) is 5.56 Å². The molecule has 5 N–H and O–H groups in total. The molecule has 0 aliphatic carbocycles. The lowest BCUT2D eigenvalue weighted by atomic mass is 10.0. The van der Waals surface area contributed by atoms with Crippen molar-refractivity contribution < 1.29 is 29.0 Å². The van der Waals surface area contributed by atoms with Gasteiger partial charge >= 0.3 is 12.1 Å². The molecule has 9 nitrogen and oxygen atoms in total. The molecule has 9 heteroatoms. The van der Waals surface area contributed by atoms with Crippen molar-refractivity contribution in [2.45, 2.75) is 58.2 Å². The fraction of sp³-hybridized carbons (Fsp3) is 0.500. The van der Waals surface area contributed by atoms with Crippen molar-refractivity contribution in [3.8, 4) is 5.75 Å². The number of hydrogen-bond donors (Lipinski definition) is 4. The van der Waals surface area contributed by atoms with Crippen molar-refractivity contribution in [3.05, 3.63) is 42.0 Å². The van der Waals surface area contributed by atoms with E-state index in [1.807, 2.05) is 6.07 Å². The van der Waals surface area contributed by atoms with Crippen LogP contribution in [-0.4, -0.2) is 53.9 Å². The standard InChI is InChI=1S/C22H33N3O6/c1-6-7-16-12-15(13-17(20(27)28)25-19(26)14(2)23)8-9-18(16)30-11-10-24-21(29)31-22(3,4)5/h6,8-9,12,14,17H,1,7,10-11,13,23H2,2-5H3,(H,24,29)(H,25,26)(H,27,28)/t14-,17-/m0/s1. The summed E-state index contributed by atoms with van der Waals surface area (Å²) in [5, 5.41) is 14.5. The van der Waals surface area contributed by atoms with E-state index in [-0.39, 0.29) is 19.6 Å². The van der Waals surface area contributed by atoms with Crippen LogP contribution in [0, 0.1) is 0 Å². The van der Waals surface area contributed by atoms with Crippen molar-refractivity contribution in [3.63, 3.8) is 0 Å². The molecule has 0 saturated carbocycles. The van der Waals surface area contributed by atoms with Crippen LogP contribution in [0.4, 0.5) is 4.79 Å². The van der Waals surface area contributed by atoms with Crippen molar-refractivity contribution in [1.29, 1.82) is 0 Å². The van der Waals surface area contributed by atoms with Gasteiger partial charge in [-0.2, -0.15) is 0 Å². The molecule has 0 aliphatic heterocycles. The van der Waals surface area contributed by atoms with E-state index in [9.17, 15) is 19.5 Å². The lowest BCUT2D eigenvalue weighted by molar-refractivity contribution is -0.141. The predicted octanol–water partition coefficient (Wildman–Crippen LogP) is 1.78. The fourth-order valence-corrected chi connectivity index (χ4v) is 2.58. The summed E-state index contributed by atoms with van der Waals surface area (Å²) in [6, 6.07) is 3.38. The molecule has 0 saturated heterocycles. The molecule has 0 bridgehead atoms. The Morgan fingerprint density at radius 2 is 1.97 bits per heavy atom. The molecule has 2 amide bonds. The largest absolute Gasteiger partial charge is 0.491 e. The fourth-order valence-electron chi connectivity index (χ4n) is 2.58. The Morgan fingerprint density at radius 1 is 1.29 bits per heavy atom. The van der Waals surface area contributed by atoms with Crippen molar-refractivity contribution in [2.24, 2.45) is 5.73 Å². The molecule has 0 fully saturated rings. The number of rotatable bonds is 11. The van der Waals surface area contributed by atoms with Gasteiger partial charge in [0, 0.05) is 6.42 Å². The number of hydrogen-bond acceptors (Lipinski definition) is 6. The van der Waals surface area contributed by atoms with Gasteiger partial charge in [0.1, 0.15) is 24.0 Å². The van der Waals surface area contributed by atoms with Crippen LogP contribution < -0.4 is 21.1 Å². The summed E-state index contributed by atoms with van der Waals surface area (Å²) in [5.41, 5.74) is 6.45. The highest BCUT2D eigenvalue weighted by atomic mass is 16.6. The summed E-state index contributed by atoms with van der Waals surface area (Å²) in [4.78, 5) is 35.0. The first-order valence-electron chi connectivity index (χ1n) is 10.0. The number of alkyl carbamates (subject to hydrolysis) is 1. The molecule has 1 rings (SSSR count). The van der Waals surface area contributed by atoms with E-state index in [4.69, 9.17) is 15.2 Å². The summed E-state index contributed by atoms with van der Waals surface area (Å²) in [6.07, 6.45) is 1.79. The Labute approximate surface area is 183 Å².